The van der Waals surface area contributed by atoms with Crippen LogP contribution in [-0.2, 0) is 16.1 Å². The Bertz CT molecular complexity index is 1390. The first-order chi connectivity index (χ1) is 19.3. The van der Waals surface area contributed by atoms with Gasteiger partial charge in [-0.1, -0.05) is 19.4 Å². The Balaban J connectivity index is 1.87. The van der Waals surface area contributed by atoms with Crippen LogP contribution in [0.4, 0.5) is 0 Å². The molecule has 2 heterocycles. The van der Waals surface area contributed by atoms with Gasteiger partial charge in [-0.25, -0.2) is 0 Å². The van der Waals surface area contributed by atoms with Crippen LogP contribution in [0.15, 0.2) is 60.4 Å². The molecule has 9 nitrogen and oxygen atoms in total. The lowest BCUT2D eigenvalue weighted by Crippen LogP contribution is -2.29. The van der Waals surface area contributed by atoms with Crippen LogP contribution >= 0.6 is 0 Å². The minimum absolute atomic E-state index is 0.0396. The second-order valence-electron chi connectivity index (χ2n) is 9.43. The number of aliphatic hydroxyl groups is 1. The molecule has 3 aromatic rings. The number of pyridine rings is 1. The molecule has 0 bridgehead atoms. The summed E-state index contributed by atoms with van der Waals surface area (Å²) >= 11 is 0. The predicted molar refractivity (Wildman–Crippen MR) is 150 cm³/mol. The number of aliphatic hydroxyl groups excluding tert-OH is 1. The molecule has 0 unspecified atom stereocenters. The van der Waals surface area contributed by atoms with Gasteiger partial charge in [-0.05, 0) is 66.4 Å². The van der Waals surface area contributed by atoms with Gasteiger partial charge < -0.3 is 29.0 Å². The number of ether oxygens (including phenoxy) is 4. The van der Waals surface area contributed by atoms with Crippen molar-refractivity contribution < 1.29 is 33.6 Å². The number of Topliss-reactive ketones (excluding diaryl/α,β-unsaturated/α-hetero) is 1. The number of ketones is 1. The Morgan fingerprint density at radius 3 is 2.30 bits per heavy atom. The Hall–Kier alpha value is -4.53. The smallest absolute Gasteiger partial charge is 0.295 e. The van der Waals surface area contributed by atoms with E-state index in [0.717, 1.165) is 24.0 Å². The molecule has 2 aromatic carbocycles. The van der Waals surface area contributed by atoms with Gasteiger partial charge in [0.15, 0.2) is 11.5 Å². The fourth-order valence-corrected chi connectivity index (χ4v) is 4.78. The maximum atomic E-state index is 13.5. The van der Waals surface area contributed by atoms with Gasteiger partial charge in [0.05, 0.1) is 39.6 Å². The van der Waals surface area contributed by atoms with Crippen molar-refractivity contribution in [2.75, 3.05) is 27.9 Å². The molecule has 1 saturated heterocycles. The molecule has 1 fully saturated rings. The van der Waals surface area contributed by atoms with E-state index in [1.165, 1.54) is 26.2 Å². The van der Waals surface area contributed by atoms with Crippen molar-refractivity contribution in [3.8, 4) is 23.0 Å². The number of likely N-dealkylation sites (tertiary alicyclic amines) is 1. The van der Waals surface area contributed by atoms with Crippen LogP contribution < -0.4 is 18.9 Å². The first-order valence-electron chi connectivity index (χ1n) is 13.1. The summed E-state index contributed by atoms with van der Waals surface area (Å²) in [5.41, 5.74) is 2.40. The highest BCUT2D eigenvalue weighted by Crippen LogP contribution is 2.46. The molecular weight excluding hydrogens is 512 g/mol. The van der Waals surface area contributed by atoms with Crippen molar-refractivity contribution >= 4 is 17.4 Å². The minimum atomic E-state index is -0.935. The first kappa shape index (κ1) is 28.5. The number of aryl methyl sites for hydroxylation is 1. The molecule has 9 heteroatoms. The number of benzene rings is 2. The lowest BCUT2D eigenvalue weighted by atomic mass is 9.94. The maximum absolute atomic E-state index is 13.5. The van der Waals surface area contributed by atoms with Crippen LogP contribution in [0.25, 0.3) is 5.76 Å². The summed E-state index contributed by atoms with van der Waals surface area (Å²) < 4.78 is 22.4. The molecule has 1 aliphatic heterocycles. The van der Waals surface area contributed by atoms with Crippen molar-refractivity contribution in [1.82, 2.24) is 9.88 Å². The monoisotopic (exact) mass is 546 g/mol. The fraction of sp³-hybridized carbons (Fsp3) is 0.323. The topological polar surface area (TPSA) is 107 Å². The van der Waals surface area contributed by atoms with Crippen LogP contribution in [0.5, 0.6) is 23.0 Å². The van der Waals surface area contributed by atoms with Gasteiger partial charge in [-0.2, -0.15) is 0 Å². The van der Waals surface area contributed by atoms with Crippen LogP contribution in [-0.4, -0.2) is 54.6 Å². The number of hydrogen-bond acceptors (Lipinski definition) is 8. The number of rotatable bonds is 11. The van der Waals surface area contributed by atoms with Crippen LogP contribution in [0, 0.1) is 6.92 Å². The minimum Gasteiger partial charge on any atom is -0.507 e. The average molecular weight is 547 g/mol. The van der Waals surface area contributed by atoms with E-state index < -0.39 is 17.7 Å². The molecule has 1 aromatic heterocycles. The van der Waals surface area contributed by atoms with E-state index in [0.29, 0.717) is 40.7 Å². The van der Waals surface area contributed by atoms with Gasteiger partial charge >= 0.3 is 0 Å². The molecule has 1 aliphatic rings. The van der Waals surface area contributed by atoms with Gasteiger partial charge in [0.2, 0.25) is 5.75 Å². The summed E-state index contributed by atoms with van der Waals surface area (Å²) in [6.07, 6.45) is 5.20. The molecule has 1 amide bonds. The normalized spacial score (nSPS) is 16.2. The van der Waals surface area contributed by atoms with E-state index in [9.17, 15) is 14.7 Å². The van der Waals surface area contributed by atoms with Crippen LogP contribution in [0.2, 0.25) is 0 Å². The zero-order valence-electron chi connectivity index (χ0n) is 23.4. The van der Waals surface area contributed by atoms with Gasteiger partial charge in [0.25, 0.3) is 11.7 Å². The van der Waals surface area contributed by atoms with Crippen molar-refractivity contribution in [3.63, 3.8) is 0 Å². The Morgan fingerprint density at radius 2 is 1.73 bits per heavy atom. The van der Waals surface area contributed by atoms with E-state index in [2.05, 4.69) is 11.9 Å². The van der Waals surface area contributed by atoms with Gasteiger partial charge in [-0.3, -0.25) is 14.6 Å². The zero-order chi connectivity index (χ0) is 28.8. The third kappa shape index (κ3) is 5.59. The molecule has 210 valence electrons. The number of amides is 1. The summed E-state index contributed by atoms with van der Waals surface area (Å²) in [6, 6.07) is 11.2. The quantitative estimate of drug-likeness (QED) is 0.151. The van der Waals surface area contributed by atoms with Crippen molar-refractivity contribution in [1.29, 1.82) is 0 Å². The number of aromatic nitrogens is 1. The SMILES string of the molecule is CCCCOc1ccc(/C(O)=C2\C(=O)C(=O)N(Cc3cccnc3)[C@H]2c2cc(OC)c(OC)c(OC)c2)cc1C. The molecule has 0 saturated carbocycles. The third-order valence-electron chi connectivity index (χ3n) is 6.82. The number of methoxy groups -OCH3 is 3. The summed E-state index contributed by atoms with van der Waals surface area (Å²) in [7, 11) is 4.47. The maximum Gasteiger partial charge on any atom is 0.295 e. The molecule has 1 N–H and O–H groups in total. The largest absolute Gasteiger partial charge is 0.507 e. The van der Waals surface area contributed by atoms with E-state index >= 15 is 0 Å². The molecule has 1 atom stereocenters. The highest BCUT2D eigenvalue weighted by molar-refractivity contribution is 6.46. The molecule has 4 rings (SSSR count). The Kier molecular flexibility index (Phi) is 8.93. The van der Waals surface area contributed by atoms with E-state index in [1.54, 1.807) is 48.8 Å². The van der Waals surface area contributed by atoms with Crippen molar-refractivity contribution in [2.45, 2.75) is 39.3 Å². The number of hydrogen-bond donors (Lipinski definition) is 1. The fourth-order valence-electron chi connectivity index (χ4n) is 4.78. The lowest BCUT2D eigenvalue weighted by Gasteiger charge is -2.26. The molecule has 0 spiro atoms. The molecular formula is C31H34N2O7. The summed E-state index contributed by atoms with van der Waals surface area (Å²) in [5, 5.41) is 11.5. The number of unbranched alkanes of at least 4 members (excludes halogenated alkanes) is 1. The Morgan fingerprint density at radius 1 is 1.00 bits per heavy atom. The van der Waals surface area contributed by atoms with E-state index in [4.69, 9.17) is 18.9 Å². The molecule has 0 radical (unpaired) electrons. The lowest BCUT2D eigenvalue weighted by molar-refractivity contribution is -0.140. The number of carbonyl (C=O) groups excluding carboxylic acids is 2. The van der Waals surface area contributed by atoms with E-state index in [1.807, 2.05) is 13.0 Å². The summed E-state index contributed by atoms with van der Waals surface area (Å²) in [4.78, 5) is 32.5. The standard InChI is InChI=1S/C31H34N2O7/c1-6-7-13-40-23-11-10-21(14-19(23)2)28(34)26-27(22-15-24(37-3)30(39-5)25(16-22)38-4)33(31(36)29(26)35)18-20-9-8-12-32-17-20/h8-12,14-17,27,34H,6-7,13,18H2,1-5H3/b28-26+/t27-/m0/s1. The highest BCUT2D eigenvalue weighted by atomic mass is 16.5. The third-order valence-corrected chi connectivity index (χ3v) is 6.82. The summed E-state index contributed by atoms with van der Waals surface area (Å²) in [5.74, 6) is -0.0348. The second-order valence-corrected chi connectivity index (χ2v) is 9.43. The van der Waals surface area contributed by atoms with Gasteiger partial charge in [0, 0.05) is 24.5 Å². The van der Waals surface area contributed by atoms with Gasteiger partial charge in [0.1, 0.15) is 11.5 Å². The second kappa shape index (κ2) is 12.5. The Labute approximate surface area is 234 Å². The van der Waals surface area contributed by atoms with Crippen LogP contribution in [0.3, 0.4) is 0 Å². The first-order valence-corrected chi connectivity index (χ1v) is 13.1. The van der Waals surface area contributed by atoms with Crippen molar-refractivity contribution in [2.24, 2.45) is 0 Å². The zero-order valence-corrected chi connectivity index (χ0v) is 23.4. The highest BCUT2D eigenvalue weighted by Gasteiger charge is 2.46. The average Bonchev–Trinajstić information content (AvgIpc) is 3.22. The number of nitrogens with zero attached hydrogens (tertiary/aromatic N) is 2. The summed E-state index contributed by atoms with van der Waals surface area (Å²) in [6.45, 7) is 4.64. The van der Waals surface area contributed by atoms with Crippen LogP contribution in [0.1, 0.15) is 48.1 Å². The molecule has 0 aliphatic carbocycles. The van der Waals surface area contributed by atoms with Gasteiger partial charge in [-0.15, -0.1) is 0 Å². The molecule has 40 heavy (non-hydrogen) atoms. The van der Waals surface area contributed by atoms with E-state index in [-0.39, 0.29) is 17.9 Å². The van der Waals surface area contributed by atoms with Crippen molar-refractivity contribution in [3.05, 3.63) is 82.7 Å². The number of carbonyl (C=O) groups is 2. The predicted octanol–water partition coefficient (Wildman–Crippen LogP) is 5.22.